The Balaban J connectivity index is 2.37. The van der Waals surface area contributed by atoms with E-state index in [-0.39, 0.29) is 12.0 Å². The van der Waals surface area contributed by atoms with Crippen molar-refractivity contribution in [1.82, 2.24) is 4.90 Å². The Kier molecular flexibility index (Phi) is 3.72. The van der Waals surface area contributed by atoms with Crippen molar-refractivity contribution in [2.45, 2.75) is 39.2 Å². The number of nitrogens with zero attached hydrogens (tertiary/aromatic N) is 1. The number of β-amino-alcohol motifs (C(OH)–C–C–N with tert-alkyl or cyclic N) is 1. The highest BCUT2D eigenvalue weighted by molar-refractivity contribution is 5.76. The Morgan fingerprint density at radius 2 is 2.31 bits per heavy atom. The molecule has 1 N–H and O–H groups in total. The van der Waals surface area contributed by atoms with Crippen LogP contribution in [-0.4, -0.2) is 35.1 Å². The van der Waals surface area contributed by atoms with Gasteiger partial charge in [-0.2, -0.15) is 0 Å². The van der Waals surface area contributed by atoms with Crippen LogP contribution in [0.3, 0.4) is 0 Å². The number of hydrogen-bond donors (Lipinski definition) is 1. The van der Waals surface area contributed by atoms with Crippen molar-refractivity contribution >= 4 is 5.91 Å². The maximum absolute atomic E-state index is 11.6. The van der Waals surface area contributed by atoms with Crippen LogP contribution in [0.1, 0.15) is 33.1 Å². The lowest BCUT2D eigenvalue weighted by Crippen LogP contribution is -2.42. The van der Waals surface area contributed by atoms with Crippen LogP contribution in [0.2, 0.25) is 0 Å². The summed E-state index contributed by atoms with van der Waals surface area (Å²) >= 11 is 0. The zero-order valence-corrected chi connectivity index (χ0v) is 8.49. The monoisotopic (exact) mass is 185 g/mol. The topological polar surface area (TPSA) is 40.5 Å². The van der Waals surface area contributed by atoms with Crippen LogP contribution in [0, 0.1) is 5.92 Å². The van der Waals surface area contributed by atoms with E-state index in [1.807, 2.05) is 13.8 Å². The molecule has 1 heterocycles. The first kappa shape index (κ1) is 10.5. The molecule has 1 amide bonds. The zero-order chi connectivity index (χ0) is 9.84. The number of rotatable bonds is 2. The van der Waals surface area contributed by atoms with E-state index in [1.165, 1.54) is 0 Å². The molecular weight excluding hydrogens is 166 g/mol. The quantitative estimate of drug-likeness (QED) is 0.697. The molecule has 1 rings (SSSR count). The number of aliphatic hydroxyl groups is 1. The average molecular weight is 185 g/mol. The molecule has 3 nitrogen and oxygen atoms in total. The molecule has 3 heteroatoms. The molecule has 0 radical (unpaired) electrons. The second-order valence-electron chi connectivity index (χ2n) is 4.23. The molecule has 1 aliphatic heterocycles. The van der Waals surface area contributed by atoms with Gasteiger partial charge in [0.1, 0.15) is 0 Å². The van der Waals surface area contributed by atoms with E-state index in [9.17, 15) is 9.90 Å². The van der Waals surface area contributed by atoms with E-state index in [0.29, 0.717) is 18.9 Å². The molecule has 1 saturated heterocycles. The molecular formula is C10H19NO2. The highest BCUT2D eigenvalue weighted by Crippen LogP contribution is 2.12. The van der Waals surface area contributed by atoms with Gasteiger partial charge >= 0.3 is 0 Å². The number of carbonyl (C=O) groups excluding carboxylic acids is 1. The van der Waals surface area contributed by atoms with Crippen LogP contribution in [0.25, 0.3) is 0 Å². The molecule has 0 aromatic carbocycles. The van der Waals surface area contributed by atoms with Crippen molar-refractivity contribution in [3.05, 3.63) is 0 Å². The number of hydrogen-bond acceptors (Lipinski definition) is 2. The molecule has 1 aliphatic rings. The lowest BCUT2D eigenvalue weighted by atomic mass is 10.1. The summed E-state index contributed by atoms with van der Waals surface area (Å²) in [5, 5.41) is 9.37. The minimum atomic E-state index is -0.301. The third kappa shape index (κ3) is 3.35. The smallest absolute Gasteiger partial charge is 0.222 e. The van der Waals surface area contributed by atoms with Gasteiger partial charge in [-0.25, -0.2) is 0 Å². The summed E-state index contributed by atoms with van der Waals surface area (Å²) < 4.78 is 0. The predicted octanol–water partition coefficient (Wildman–Crippen LogP) is 1.02. The van der Waals surface area contributed by atoms with Crippen molar-refractivity contribution in [3.8, 4) is 0 Å². The van der Waals surface area contributed by atoms with E-state index >= 15 is 0 Å². The SMILES string of the molecule is CC(C)CC(=O)N1CCCC(O)C1. The summed E-state index contributed by atoms with van der Waals surface area (Å²) in [4.78, 5) is 13.4. The summed E-state index contributed by atoms with van der Waals surface area (Å²) in [7, 11) is 0. The van der Waals surface area contributed by atoms with Crippen LogP contribution in [0.4, 0.5) is 0 Å². The molecule has 1 fully saturated rings. The highest BCUT2D eigenvalue weighted by atomic mass is 16.3. The highest BCUT2D eigenvalue weighted by Gasteiger charge is 2.21. The van der Waals surface area contributed by atoms with Gasteiger partial charge in [-0.15, -0.1) is 0 Å². The summed E-state index contributed by atoms with van der Waals surface area (Å²) in [6.07, 6.45) is 2.08. The van der Waals surface area contributed by atoms with Crippen molar-refractivity contribution in [3.63, 3.8) is 0 Å². The summed E-state index contributed by atoms with van der Waals surface area (Å²) in [6.45, 7) is 5.44. The Hall–Kier alpha value is -0.570. The van der Waals surface area contributed by atoms with Crippen molar-refractivity contribution in [2.75, 3.05) is 13.1 Å². The first-order valence-corrected chi connectivity index (χ1v) is 5.05. The van der Waals surface area contributed by atoms with Crippen LogP contribution < -0.4 is 0 Å². The van der Waals surface area contributed by atoms with Crippen LogP contribution in [0.15, 0.2) is 0 Å². The second kappa shape index (κ2) is 4.61. The predicted molar refractivity (Wildman–Crippen MR) is 51.3 cm³/mol. The first-order valence-electron chi connectivity index (χ1n) is 5.05. The van der Waals surface area contributed by atoms with Crippen molar-refractivity contribution in [2.24, 2.45) is 5.92 Å². The standard InChI is InChI=1S/C10H19NO2/c1-8(2)6-10(13)11-5-3-4-9(12)7-11/h8-9,12H,3-7H2,1-2H3. The van der Waals surface area contributed by atoms with Gasteiger partial charge in [0, 0.05) is 19.5 Å². The first-order chi connectivity index (χ1) is 6.09. The lowest BCUT2D eigenvalue weighted by molar-refractivity contribution is -0.135. The molecule has 1 unspecified atom stereocenters. The van der Waals surface area contributed by atoms with E-state index in [4.69, 9.17) is 0 Å². The Morgan fingerprint density at radius 3 is 2.85 bits per heavy atom. The fourth-order valence-corrected chi connectivity index (χ4v) is 1.66. The van der Waals surface area contributed by atoms with Crippen molar-refractivity contribution in [1.29, 1.82) is 0 Å². The number of piperidine rings is 1. The van der Waals surface area contributed by atoms with Gasteiger partial charge in [-0.1, -0.05) is 13.8 Å². The number of amides is 1. The van der Waals surface area contributed by atoms with Gasteiger partial charge in [-0.3, -0.25) is 4.79 Å². The van der Waals surface area contributed by atoms with E-state index in [2.05, 4.69) is 0 Å². The Morgan fingerprint density at radius 1 is 1.62 bits per heavy atom. The molecule has 0 spiro atoms. The fraction of sp³-hybridized carbons (Fsp3) is 0.900. The van der Waals surface area contributed by atoms with Crippen molar-refractivity contribution < 1.29 is 9.90 Å². The molecule has 0 bridgehead atoms. The van der Waals surface area contributed by atoms with E-state index in [1.54, 1.807) is 4.90 Å². The molecule has 1 atom stereocenters. The van der Waals surface area contributed by atoms with Gasteiger partial charge in [0.05, 0.1) is 6.10 Å². The maximum atomic E-state index is 11.6. The second-order valence-corrected chi connectivity index (χ2v) is 4.23. The number of aliphatic hydroxyl groups excluding tert-OH is 1. The van der Waals surface area contributed by atoms with Gasteiger partial charge in [0.2, 0.25) is 5.91 Å². The zero-order valence-electron chi connectivity index (χ0n) is 8.49. The molecule has 0 aromatic rings. The summed E-state index contributed by atoms with van der Waals surface area (Å²) in [6, 6.07) is 0. The van der Waals surface area contributed by atoms with E-state index < -0.39 is 0 Å². The fourth-order valence-electron chi connectivity index (χ4n) is 1.66. The third-order valence-corrected chi connectivity index (χ3v) is 2.33. The van der Waals surface area contributed by atoms with Gasteiger partial charge < -0.3 is 10.0 Å². The van der Waals surface area contributed by atoms with Gasteiger partial charge in [-0.05, 0) is 18.8 Å². The minimum absolute atomic E-state index is 0.189. The van der Waals surface area contributed by atoms with Gasteiger partial charge in [0.15, 0.2) is 0 Å². The molecule has 0 aliphatic carbocycles. The van der Waals surface area contributed by atoms with Crippen LogP contribution in [-0.2, 0) is 4.79 Å². The summed E-state index contributed by atoms with van der Waals surface area (Å²) in [5.74, 6) is 0.598. The number of likely N-dealkylation sites (tertiary alicyclic amines) is 1. The summed E-state index contributed by atoms with van der Waals surface area (Å²) in [5.41, 5.74) is 0. The van der Waals surface area contributed by atoms with Crippen LogP contribution >= 0.6 is 0 Å². The van der Waals surface area contributed by atoms with Gasteiger partial charge in [0.25, 0.3) is 0 Å². The molecule has 0 saturated carbocycles. The Bertz CT molecular complexity index is 180. The lowest BCUT2D eigenvalue weighted by Gasteiger charge is -2.30. The Labute approximate surface area is 79.7 Å². The third-order valence-electron chi connectivity index (χ3n) is 2.33. The normalized spacial score (nSPS) is 23.7. The minimum Gasteiger partial charge on any atom is -0.391 e. The number of carbonyl (C=O) groups is 1. The van der Waals surface area contributed by atoms with Crippen LogP contribution in [0.5, 0.6) is 0 Å². The molecule has 76 valence electrons. The molecule has 13 heavy (non-hydrogen) atoms. The molecule has 0 aromatic heterocycles. The average Bonchev–Trinajstić information content (AvgIpc) is 2.03. The maximum Gasteiger partial charge on any atom is 0.222 e. The van der Waals surface area contributed by atoms with E-state index in [0.717, 1.165) is 19.4 Å². The largest absolute Gasteiger partial charge is 0.391 e.